The number of hydrogen-bond acceptors (Lipinski definition) is 2. The van der Waals surface area contributed by atoms with Crippen molar-refractivity contribution in [1.82, 2.24) is 5.32 Å². The summed E-state index contributed by atoms with van der Waals surface area (Å²) in [6.45, 7) is 7.71. The smallest absolute Gasteiger partial charge is 0.123 e. The Bertz CT molecular complexity index is 371. The summed E-state index contributed by atoms with van der Waals surface area (Å²) >= 11 is 0. The van der Waals surface area contributed by atoms with Crippen molar-refractivity contribution in [1.29, 1.82) is 0 Å². The van der Waals surface area contributed by atoms with Gasteiger partial charge in [-0.15, -0.1) is 0 Å². The van der Waals surface area contributed by atoms with Gasteiger partial charge in [0.2, 0.25) is 0 Å². The van der Waals surface area contributed by atoms with Gasteiger partial charge in [-0.2, -0.15) is 0 Å². The van der Waals surface area contributed by atoms with Crippen LogP contribution in [0.5, 0.6) is 5.75 Å². The molecule has 0 amide bonds. The molecule has 1 atom stereocenters. The molecule has 1 fully saturated rings. The van der Waals surface area contributed by atoms with E-state index < -0.39 is 0 Å². The summed E-state index contributed by atoms with van der Waals surface area (Å²) in [7, 11) is 0. The van der Waals surface area contributed by atoms with E-state index in [9.17, 15) is 0 Å². The Morgan fingerprint density at radius 1 is 1.28 bits per heavy atom. The summed E-state index contributed by atoms with van der Waals surface area (Å²) in [5.74, 6) is 1.66. The van der Waals surface area contributed by atoms with Crippen LogP contribution in [0.3, 0.4) is 0 Å². The molecule has 0 radical (unpaired) electrons. The molecule has 1 aromatic carbocycles. The highest BCUT2D eigenvalue weighted by Crippen LogP contribution is 2.32. The maximum atomic E-state index is 6.14. The molecule has 0 aliphatic heterocycles. The lowest BCUT2D eigenvalue weighted by Gasteiger charge is -2.36. The molecule has 1 aliphatic carbocycles. The number of hydrogen-bond donors (Lipinski definition) is 1. The van der Waals surface area contributed by atoms with Crippen LogP contribution in [0.4, 0.5) is 0 Å². The van der Waals surface area contributed by atoms with Crippen molar-refractivity contribution in [2.45, 2.75) is 58.1 Å². The first-order valence-corrected chi connectivity index (χ1v) is 7.23. The first-order chi connectivity index (χ1) is 8.74. The van der Waals surface area contributed by atoms with Crippen molar-refractivity contribution in [2.24, 2.45) is 0 Å². The third kappa shape index (κ3) is 3.05. The molecule has 1 aliphatic rings. The van der Waals surface area contributed by atoms with E-state index in [4.69, 9.17) is 4.74 Å². The second-order valence-electron chi connectivity index (χ2n) is 5.31. The van der Waals surface area contributed by atoms with Gasteiger partial charge in [0.15, 0.2) is 0 Å². The van der Waals surface area contributed by atoms with Crippen LogP contribution in [0.15, 0.2) is 24.3 Å². The fraction of sp³-hybridized carbons (Fsp3) is 0.625. The summed E-state index contributed by atoms with van der Waals surface area (Å²) in [5, 5.41) is 3.47. The van der Waals surface area contributed by atoms with E-state index in [-0.39, 0.29) is 0 Å². The SMILES string of the molecule is CCNC1CC(Oc2ccccc2C(C)CC)C1. The minimum absolute atomic E-state index is 0.402. The van der Waals surface area contributed by atoms with Crippen LogP contribution in [0.1, 0.15) is 51.5 Å². The first-order valence-electron chi connectivity index (χ1n) is 7.23. The second kappa shape index (κ2) is 6.24. The van der Waals surface area contributed by atoms with Gasteiger partial charge in [0, 0.05) is 6.04 Å². The van der Waals surface area contributed by atoms with Crippen LogP contribution in [0.25, 0.3) is 0 Å². The Morgan fingerprint density at radius 2 is 2.00 bits per heavy atom. The van der Waals surface area contributed by atoms with Crippen LogP contribution >= 0.6 is 0 Å². The van der Waals surface area contributed by atoms with Crippen LogP contribution in [0, 0.1) is 0 Å². The lowest BCUT2D eigenvalue weighted by atomic mass is 9.89. The summed E-state index contributed by atoms with van der Waals surface area (Å²) in [6, 6.07) is 9.15. The Morgan fingerprint density at radius 3 is 2.67 bits per heavy atom. The lowest BCUT2D eigenvalue weighted by molar-refractivity contribution is 0.0846. The van der Waals surface area contributed by atoms with Crippen LogP contribution in [-0.2, 0) is 0 Å². The topological polar surface area (TPSA) is 21.3 Å². The number of nitrogens with one attached hydrogen (secondary N) is 1. The predicted molar refractivity (Wildman–Crippen MR) is 76.3 cm³/mol. The van der Waals surface area contributed by atoms with Gasteiger partial charge >= 0.3 is 0 Å². The van der Waals surface area contributed by atoms with Crippen molar-refractivity contribution in [3.8, 4) is 5.75 Å². The van der Waals surface area contributed by atoms with E-state index >= 15 is 0 Å². The van der Waals surface area contributed by atoms with Crippen LogP contribution < -0.4 is 10.1 Å². The van der Waals surface area contributed by atoms with Crippen LogP contribution in [-0.4, -0.2) is 18.7 Å². The Kier molecular flexibility index (Phi) is 4.65. The molecule has 0 spiro atoms. The van der Waals surface area contributed by atoms with E-state index in [1.54, 1.807) is 0 Å². The average molecular weight is 247 g/mol. The monoisotopic (exact) mass is 247 g/mol. The largest absolute Gasteiger partial charge is 0.490 e. The van der Waals surface area contributed by atoms with Gasteiger partial charge in [0.25, 0.3) is 0 Å². The van der Waals surface area contributed by atoms with Gasteiger partial charge in [-0.05, 0) is 43.4 Å². The molecule has 0 saturated heterocycles. The predicted octanol–water partition coefficient (Wildman–Crippen LogP) is 3.72. The minimum atomic E-state index is 0.402. The molecule has 2 heteroatoms. The third-order valence-electron chi connectivity index (χ3n) is 3.94. The van der Waals surface area contributed by atoms with Gasteiger partial charge in [0.1, 0.15) is 11.9 Å². The lowest BCUT2D eigenvalue weighted by Crippen LogP contribution is -2.46. The third-order valence-corrected chi connectivity index (χ3v) is 3.94. The summed E-state index contributed by atoms with van der Waals surface area (Å²) in [5.41, 5.74) is 1.35. The molecule has 2 rings (SSSR count). The van der Waals surface area contributed by atoms with Gasteiger partial charge < -0.3 is 10.1 Å². The molecule has 0 heterocycles. The van der Waals surface area contributed by atoms with Gasteiger partial charge in [0.05, 0.1) is 0 Å². The maximum absolute atomic E-state index is 6.14. The van der Waals surface area contributed by atoms with Crippen molar-refractivity contribution in [3.05, 3.63) is 29.8 Å². The van der Waals surface area contributed by atoms with E-state index in [1.165, 1.54) is 5.56 Å². The number of para-hydroxylation sites is 1. The fourth-order valence-electron chi connectivity index (χ4n) is 2.51. The highest BCUT2D eigenvalue weighted by atomic mass is 16.5. The fourth-order valence-corrected chi connectivity index (χ4v) is 2.51. The molecule has 2 nitrogen and oxygen atoms in total. The van der Waals surface area contributed by atoms with Crippen molar-refractivity contribution < 1.29 is 4.74 Å². The number of benzene rings is 1. The molecule has 18 heavy (non-hydrogen) atoms. The molecule has 1 saturated carbocycles. The maximum Gasteiger partial charge on any atom is 0.123 e. The quantitative estimate of drug-likeness (QED) is 0.827. The molecular formula is C16H25NO. The zero-order valence-corrected chi connectivity index (χ0v) is 11.8. The van der Waals surface area contributed by atoms with Gasteiger partial charge in [-0.25, -0.2) is 0 Å². The van der Waals surface area contributed by atoms with Crippen LogP contribution in [0.2, 0.25) is 0 Å². The summed E-state index contributed by atoms with van der Waals surface area (Å²) in [6.07, 6.45) is 3.84. The first kappa shape index (κ1) is 13.4. The molecule has 1 N–H and O–H groups in total. The zero-order chi connectivity index (χ0) is 13.0. The minimum Gasteiger partial charge on any atom is -0.490 e. The summed E-state index contributed by atoms with van der Waals surface area (Å²) in [4.78, 5) is 0. The molecular weight excluding hydrogens is 222 g/mol. The second-order valence-corrected chi connectivity index (χ2v) is 5.31. The Balaban J connectivity index is 1.94. The molecule has 100 valence electrons. The van der Waals surface area contributed by atoms with E-state index in [2.05, 4.69) is 50.4 Å². The number of ether oxygens (including phenoxy) is 1. The van der Waals surface area contributed by atoms with Gasteiger partial charge in [-0.3, -0.25) is 0 Å². The van der Waals surface area contributed by atoms with E-state index in [0.717, 1.165) is 31.6 Å². The highest BCUT2D eigenvalue weighted by molar-refractivity contribution is 5.36. The molecule has 1 unspecified atom stereocenters. The average Bonchev–Trinajstić information content (AvgIpc) is 2.36. The van der Waals surface area contributed by atoms with Crippen molar-refractivity contribution >= 4 is 0 Å². The van der Waals surface area contributed by atoms with E-state index in [1.807, 2.05) is 0 Å². The van der Waals surface area contributed by atoms with E-state index in [0.29, 0.717) is 18.1 Å². The standard InChI is InChI=1S/C16H25NO/c1-4-12(3)15-8-6-7-9-16(15)18-14-10-13(11-14)17-5-2/h6-9,12-14,17H,4-5,10-11H2,1-3H3. The van der Waals surface area contributed by atoms with Crippen molar-refractivity contribution in [2.75, 3.05) is 6.54 Å². The normalized spacial score (nSPS) is 24.4. The zero-order valence-electron chi connectivity index (χ0n) is 11.8. The number of rotatable bonds is 6. The molecule has 0 bridgehead atoms. The highest BCUT2D eigenvalue weighted by Gasteiger charge is 2.30. The molecule has 0 aromatic heterocycles. The molecule has 1 aromatic rings. The van der Waals surface area contributed by atoms with Gasteiger partial charge in [-0.1, -0.05) is 39.0 Å². The van der Waals surface area contributed by atoms with Crippen molar-refractivity contribution in [3.63, 3.8) is 0 Å². The Hall–Kier alpha value is -1.02. The summed E-state index contributed by atoms with van der Waals surface area (Å²) < 4.78 is 6.14. The Labute approximate surface area is 111 Å².